The lowest BCUT2D eigenvalue weighted by molar-refractivity contribution is -0.115. The average molecular weight is 610 g/mol. The van der Waals surface area contributed by atoms with Crippen LogP contribution in [0.2, 0.25) is 0 Å². The molecule has 3 amide bonds. The van der Waals surface area contributed by atoms with E-state index in [1.165, 1.54) is 11.8 Å². The number of amides is 3. The predicted molar refractivity (Wildman–Crippen MR) is 171 cm³/mol. The highest BCUT2D eigenvalue weighted by Gasteiger charge is 2.19. The Labute approximate surface area is 259 Å². The zero-order valence-electron chi connectivity index (χ0n) is 24.2. The third kappa shape index (κ3) is 7.99. The van der Waals surface area contributed by atoms with Crippen molar-refractivity contribution in [3.05, 3.63) is 114 Å². The largest absolute Gasteiger partial charge is 0.497 e. The molecular weight excluding hydrogens is 578 g/mol. The molecule has 0 bridgehead atoms. The fourth-order valence-corrected chi connectivity index (χ4v) is 5.23. The highest BCUT2D eigenvalue weighted by molar-refractivity contribution is 8.00. The van der Waals surface area contributed by atoms with E-state index in [4.69, 9.17) is 14.2 Å². The number of carbonyl (C=O) groups excluding carboxylic acids is 3. The first-order valence-corrected chi connectivity index (χ1v) is 14.8. The van der Waals surface area contributed by atoms with E-state index in [2.05, 4.69) is 16.0 Å². The van der Waals surface area contributed by atoms with Gasteiger partial charge in [0.05, 0.1) is 12.4 Å². The Morgan fingerprint density at radius 3 is 2.36 bits per heavy atom. The van der Waals surface area contributed by atoms with Crippen LogP contribution >= 0.6 is 11.8 Å². The topological polar surface area (TPSA) is 115 Å². The maximum absolute atomic E-state index is 13.5. The monoisotopic (exact) mass is 609 g/mol. The van der Waals surface area contributed by atoms with Gasteiger partial charge in [0.2, 0.25) is 5.91 Å². The maximum atomic E-state index is 13.5. The van der Waals surface area contributed by atoms with E-state index in [1.54, 1.807) is 105 Å². The van der Waals surface area contributed by atoms with Crippen molar-refractivity contribution in [2.75, 3.05) is 31.0 Å². The maximum Gasteiger partial charge on any atom is 0.272 e. The van der Waals surface area contributed by atoms with E-state index in [1.807, 2.05) is 12.1 Å². The number of fused-ring (bicyclic) bond motifs is 1. The third-order valence-electron chi connectivity index (χ3n) is 6.52. The smallest absolute Gasteiger partial charge is 0.272 e. The van der Waals surface area contributed by atoms with Gasteiger partial charge in [0.15, 0.2) is 11.5 Å². The molecule has 0 radical (unpaired) electrons. The molecule has 0 saturated carbocycles. The van der Waals surface area contributed by atoms with E-state index in [0.717, 1.165) is 4.90 Å². The lowest BCUT2D eigenvalue weighted by Crippen LogP contribution is -2.30. The minimum Gasteiger partial charge on any atom is -0.497 e. The van der Waals surface area contributed by atoms with Crippen molar-refractivity contribution in [3.63, 3.8) is 0 Å². The molecule has 4 aromatic rings. The summed E-state index contributed by atoms with van der Waals surface area (Å²) in [4.78, 5) is 40.1. The Bertz CT molecular complexity index is 1690. The third-order valence-corrected chi connectivity index (χ3v) is 7.61. The minimum absolute atomic E-state index is 0.0531. The Kier molecular flexibility index (Phi) is 9.83. The molecule has 44 heavy (non-hydrogen) atoms. The minimum atomic E-state index is -0.511. The van der Waals surface area contributed by atoms with Crippen LogP contribution in [0.3, 0.4) is 0 Å². The van der Waals surface area contributed by atoms with Gasteiger partial charge < -0.3 is 30.2 Å². The van der Waals surface area contributed by atoms with Crippen molar-refractivity contribution in [2.24, 2.45) is 0 Å². The van der Waals surface area contributed by atoms with Crippen LogP contribution in [0.4, 0.5) is 11.4 Å². The van der Waals surface area contributed by atoms with Crippen LogP contribution in [0.15, 0.2) is 108 Å². The second kappa shape index (κ2) is 14.3. The van der Waals surface area contributed by atoms with Gasteiger partial charge in [-0.25, -0.2) is 0 Å². The summed E-state index contributed by atoms with van der Waals surface area (Å²) in [6, 6.07) is 28.3. The second-order valence-electron chi connectivity index (χ2n) is 9.74. The van der Waals surface area contributed by atoms with Crippen molar-refractivity contribution < 1.29 is 28.6 Å². The zero-order chi connectivity index (χ0) is 30.9. The van der Waals surface area contributed by atoms with Crippen molar-refractivity contribution in [2.45, 2.75) is 17.1 Å². The van der Waals surface area contributed by atoms with Gasteiger partial charge in [-0.15, -0.1) is 11.8 Å². The highest BCUT2D eigenvalue weighted by Crippen LogP contribution is 2.33. The van der Waals surface area contributed by atoms with Crippen molar-refractivity contribution >= 4 is 46.9 Å². The van der Waals surface area contributed by atoms with Gasteiger partial charge in [0, 0.05) is 27.9 Å². The number of ether oxygens (including phenoxy) is 3. The SMILES string of the molecule is COc1cccc(/C=C(\NC(=O)c2ccccc2)C(=O)Nc2cccc(SC(C)C(=O)Nc3ccc4c(c3)OCCO4)c2)c1. The van der Waals surface area contributed by atoms with Crippen LogP contribution in [-0.2, 0) is 9.59 Å². The molecule has 0 aromatic heterocycles. The van der Waals surface area contributed by atoms with E-state index in [9.17, 15) is 14.4 Å². The fourth-order valence-electron chi connectivity index (χ4n) is 4.31. The number of carbonyl (C=O) groups is 3. The van der Waals surface area contributed by atoms with Crippen LogP contribution in [0.1, 0.15) is 22.8 Å². The summed E-state index contributed by atoms with van der Waals surface area (Å²) < 4.78 is 16.4. The number of methoxy groups -OCH3 is 1. The summed E-state index contributed by atoms with van der Waals surface area (Å²) in [5.74, 6) is 0.743. The van der Waals surface area contributed by atoms with Crippen LogP contribution in [0, 0.1) is 0 Å². The fraction of sp³-hybridized carbons (Fsp3) is 0.147. The molecule has 224 valence electrons. The molecule has 1 aliphatic heterocycles. The lowest BCUT2D eigenvalue weighted by Gasteiger charge is -2.19. The molecule has 1 heterocycles. The lowest BCUT2D eigenvalue weighted by atomic mass is 10.1. The molecule has 0 aliphatic carbocycles. The molecule has 0 saturated heterocycles. The number of thioether (sulfide) groups is 1. The first-order chi connectivity index (χ1) is 21.4. The first-order valence-electron chi connectivity index (χ1n) is 13.9. The first kappa shape index (κ1) is 30.2. The van der Waals surface area contributed by atoms with Crippen LogP contribution < -0.4 is 30.2 Å². The van der Waals surface area contributed by atoms with Crippen molar-refractivity contribution in [1.82, 2.24) is 5.32 Å². The van der Waals surface area contributed by atoms with E-state index >= 15 is 0 Å². The highest BCUT2D eigenvalue weighted by atomic mass is 32.2. The number of rotatable bonds is 10. The van der Waals surface area contributed by atoms with Gasteiger partial charge in [-0.05, 0) is 73.2 Å². The van der Waals surface area contributed by atoms with Gasteiger partial charge in [-0.1, -0.05) is 36.4 Å². The Morgan fingerprint density at radius 2 is 1.57 bits per heavy atom. The van der Waals surface area contributed by atoms with Crippen LogP contribution in [0.5, 0.6) is 17.2 Å². The molecule has 1 unspecified atom stereocenters. The summed E-state index contributed by atoms with van der Waals surface area (Å²) in [6.07, 6.45) is 1.58. The summed E-state index contributed by atoms with van der Waals surface area (Å²) in [7, 11) is 1.56. The van der Waals surface area contributed by atoms with Gasteiger partial charge in [0.25, 0.3) is 11.8 Å². The molecule has 4 aromatic carbocycles. The quantitative estimate of drug-likeness (QED) is 0.149. The Hall–Kier alpha value is -5.22. The standard InChI is InChI=1S/C34H31N3O6S/c1-22(32(38)35-26-14-15-30-31(21-26)43-17-16-42-30)44-28-13-7-11-25(20-28)36-34(40)29(19-23-8-6-12-27(18-23)41-2)37-33(39)24-9-4-3-5-10-24/h3-15,18-22H,16-17H2,1-2H3,(H,35,38)(H,36,40)(H,37,39)/b29-19-. The molecule has 1 aliphatic rings. The van der Waals surface area contributed by atoms with Gasteiger partial charge in [-0.3, -0.25) is 14.4 Å². The van der Waals surface area contributed by atoms with Crippen molar-refractivity contribution in [3.8, 4) is 17.2 Å². The van der Waals surface area contributed by atoms with Gasteiger partial charge in [0.1, 0.15) is 24.7 Å². The van der Waals surface area contributed by atoms with Crippen LogP contribution in [-0.4, -0.2) is 43.3 Å². The Balaban J connectivity index is 1.27. The van der Waals surface area contributed by atoms with E-state index in [-0.39, 0.29) is 11.6 Å². The van der Waals surface area contributed by atoms with Crippen molar-refractivity contribution in [1.29, 1.82) is 0 Å². The molecule has 3 N–H and O–H groups in total. The number of hydrogen-bond acceptors (Lipinski definition) is 7. The molecule has 9 nitrogen and oxygen atoms in total. The average Bonchev–Trinajstić information content (AvgIpc) is 3.05. The Morgan fingerprint density at radius 1 is 0.818 bits per heavy atom. The number of anilines is 2. The number of hydrogen-bond donors (Lipinski definition) is 3. The molecular formula is C34H31N3O6S. The molecule has 0 spiro atoms. The summed E-state index contributed by atoms with van der Waals surface area (Å²) in [6.45, 7) is 2.76. The van der Waals surface area contributed by atoms with Crippen LogP contribution in [0.25, 0.3) is 6.08 Å². The number of nitrogens with one attached hydrogen (secondary N) is 3. The molecule has 0 fully saturated rings. The summed E-state index contributed by atoms with van der Waals surface area (Å²) >= 11 is 1.35. The normalized spacial score (nSPS) is 12.9. The second-order valence-corrected chi connectivity index (χ2v) is 11.2. The molecule has 5 rings (SSSR count). The van der Waals surface area contributed by atoms with E-state index in [0.29, 0.717) is 53.0 Å². The zero-order valence-corrected chi connectivity index (χ0v) is 25.0. The molecule has 1 atom stereocenters. The van der Waals surface area contributed by atoms with Gasteiger partial charge >= 0.3 is 0 Å². The molecule has 10 heteroatoms. The van der Waals surface area contributed by atoms with E-state index < -0.39 is 17.1 Å². The summed E-state index contributed by atoms with van der Waals surface area (Å²) in [5, 5.41) is 8.08. The predicted octanol–water partition coefficient (Wildman–Crippen LogP) is 6.00. The number of benzene rings is 4. The summed E-state index contributed by atoms with van der Waals surface area (Å²) in [5.41, 5.74) is 2.26. The van der Waals surface area contributed by atoms with Gasteiger partial charge in [-0.2, -0.15) is 0 Å².